The maximum atomic E-state index is 11.1. The van der Waals surface area contributed by atoms with Crippen LogP contribution in [0.3, 0.4) is 0 Å². The van der Waals surface area contributed by atoms with Crippen molar-refractivity contribution >= 4 is 28.5 Å². The number of thioether (sulfide) groups is 1. The van der Waals surface area contributed by atoms with Crippen LogP contribution in [0.25, 0.3) is 0 Å². The third-order valence-electron chi connectivity index (χ3n) is 1.73. The van der Waals surface area contributed by atoms with E-state index in [-0.39, 0.29) is 11.0 Å². The van der Waals surface area contributed by atoms with Crippen LogP contribution in [-0.4, -0.2) is 11.0 Å². The van der Waals surface area contributed by atoms with Crippen molar-refractivity contribution in [1.82, 2.24) is 0 Å². The molecule has 1 aromatic rings. The monoisotopic (exact) mass is 214 g/mol. The SMILES string of the molecule is Cc1cccc(C)c1SC(=O)CCl. The normalized spacial score (nSPS) is 10.1. The Balaban J connectivity index is 2.93. The number of aryl methyl sites for hydroxylation is 2. The predicted molar refractivity (Wildman–Crippen MR) is 57.5 cm³/mol. The Morgan fingerprint density at radius 3 is 2.38 bits per heavy atom. The third-order valence-corrected chi connectivity index (χ3v) is 3.36. The molecule has 0 saturated heterocycles. The van der Waals surface area contributed by atoms with Gasteiger partial charge in [-0.25, -0.2) is 0 Å². The topological polar surface area (TPSA) is 17.1 Å². The summed E-state index contributed by atoms with van der Waals surface area (Å²) in [6, 6.07) is 5.98. The molecule has 0 unspecified atom stereocenters. The number of hydrogen-bond donors (Lipinski definition) is 0. The number of carbonyl (C=O) groups excluding carboxylic acids is 1. The highest BCUT2D eigenvalue weighted by Gasteiger charge is 2.07. The van der Waals surface area contributed by atoms with Crippen LogP contribution in [0, 0.1) is 13.8 Å². The van der Waals surface area contributed by atoms with Crippen LogP contribution < -0.4 is 0 Å². The Labute approximate surface area is 87.5 Å². The molecule has 0 heterocycles. The fraction of sp³-hybridized carbons (Fsp3) is 0.300. The maximum absolute atomic E-state index is 11.1. The molecule has 0 aliphatic carbocycles. The maximum Gasteiger partial charge on any atom is 0.208 e. The smallest absolute Gasteiger partial charge is 0.208 e. The standard InChI is InChI=1S/C10H11ClOS/c1-7-4-3-5-8(2)10(7)13-9(12)6-11/h3-5H,6H2,1-2H3. The number of alkyl halides is 1. The van der Waals surface area contributed by atoms with Gasteiger partial charge in [-0.1, -0.05) is 30.0 Å². The van der Waals surface area contributed by atoms with E-state index in [0.29, 0.717) is 0 Å². The summed E-state index contributed by atoms with van der Waals surface area (Å²) < 4.78 is 0. The second-order valence-electron chi connectivity index (χ2n) is 2.83. The van der Waals surface area contributed by atoms with E-state index in [4.69, 9.17) is 11.6 Å². The van der Waals surface area contributed by atoms with Gasteiger partial charge in [0.05, 0.1) is 5.88 Å². The molecule has 1 rings (SSSR count). The molecule has 0 aliphatic heterocycles. The summed E-state index contributed by atoms with van der Waals surface area (Å²) >= 11 is 6.66. The summed E-state index contributed by atoms with van der Waals surface area (Å²) in [5.74, 6) is 0.0679. The minimum atomic E-state index is -0.000864. The van der Waals surface area contributed by atoms with Crippen molar-refractivity contribution in [2.75, 3.05) is 5.88 Å². The summed E-state index contributed by atoms with van der Waals surface area (Å²) in [4.78, 5) is 12.2. The minimum absolute atomic E-state index is 0.000864. The van der Waals surface area contributed by atoms with Gasteiger partial charge in [0.2, 0.25) is 5.12 Å². The number of carbonyl (C=O) groups is 1. The van der Waals surface area contributed by atoms with E-state index in [1.54, 1.807) is 0 Å². The predicted octanol–water partition coefficient (Wildman–Crippen LogP) is 3.16. The van der Waals surface area contributed by atoms with Crippen LogP contribution in [0.4, 0.5) is 0 Å². The molecular weight excluding hydrogens is 204 g/mol. The van der Waals surface area contributed by atoms with Gasteiger partial charge in [-0.05, 0) is 25.0 Å². The first-order chi connectivity index (χ1) is 6.15. The Morgan fingerprint density at radius 2 is 1.92 bits per heavy atom. The Kier molecular flexibility index (Phi) is 3.82. The zero-order chi connectivity index (χ0) is 9.84. The number of rotatable bonds is 2. The van der Waals surface area contributed by atoms with Crippen LogP contribution in [0.1, 0.15) is 11.1 Å². The highest BCUT2D eigenvalue weighted by atomic mass is 35.5. The third kappa shape index (κ3) is 2.75. The molecule has 0 fully saturated rings. The van der Waals surface area contributed by atoms with Gasteiger partial charge < -0.3 is 0 Å². The molecule has 70 valence electrons. The lowest BCUT2D eigenvalue weighted by Crippen LogP contribution is -1.94. The lowest BCUT2D eigenvalue weighted by Gasteiger charge is -2.06. The summed E-state index contributed by atoms with van der Waals surface area (Å²) in [6.45, 7) is 3.99. The molecule has 13 heavy (non-hydrogen) atoms. The van der Waals surface area contributed by atoms with Gasteiger partial charge >= 0.3 is 0 Å². The average Bonchev–Trinajstić information content (AvgIpc) is 2.11. The van der Waals surface area contributed by atoms with E-state index < -0.39 is 0 Å². The van der Waals surface area contributed by atoms with Crippen LogP contribution in [0.2, 0.25) is 0 Å². The van der Waals surface area contributed by atoms with E-state index in [1.807, 2.05) is 32.0 Å². The first kappa shape index (κ1) is 10.6. The van der Waals surface area contributed by atoms with Crippen molar-refractivity contribution in [2.24, 2.45) is 0 Å². The van der Waals surface area contributed by atoms with Crippen molar-refractivity contribution in [1.29, 1.82) is 0 Å². The van der Waals surface area contributed by atoms with Crippen LogP contribution in [0.15, 0.2) is 23.1 Å². The van der Waals surface area contributed by atoms with E-state index in [1.165, 1.54) is 11.8 Å². The Bertz CT molecular complexity index is 302. The first-order valence-corrected chi connectivity index (χ1v) is 5.33. The van der Waals surface area contributed by atoms with Crippen LogP contribution >= 0.6 is 23.4 Å². The zero-order valence-electron chi connectivity index (χ0n) is 7.63. The highest BCUT2D eigenvalue weighted by molar-refractivity contribution is 8.14. The molecule has 0 amide bonds. The second-order valence-corrected chi connectivity index (χ2v) is 4.16. The highest BCUT2D eigenvalue weighted by Crippen LogP contribution is 2.26. The van der Waals surface area contributed by atoms with Gasteiger partial charge in [0.25, 0.3) is 0 Å². The lowest BCUT2D eigenvalue weighted by molar-refractivity contribution is -0.108. The van der Waals surface area contributed by atoms with Gasteiger partial charge in [-0.15, -0.1) is 11.6 Å². The molecule has 0 bridgehead atoms. The van der Waals surface area contributed by atoms with Gasteiger partial charge in [-0.3, -0.25) is 4.79 Å². The van der Waals surface area contributed by atoms with Crippen molar-refractivity contribution in [3.63, 3.8) is 0 Å². The summed E-state index contributed by atoms with van der Waals surface area (Å²) in [6.07, 6.45) is 0. The van der Waals surface area contributed by atoms with Crippen molar-refractivity contribution < 1.29 is 4.79 Å². The van der Waals surface area contributed by atoms with Gasteiger partial charge in [-0.2, -0.15) is 0 Å². The Hall–Kier alpha value is -0.470. The van der Waals surface area contributed by atoms with Crippen LogP contribution in [0.5, 0.6) is 0 Å². The first-order valence-electron chi connectivity index (χ1n) is 3.98. The number of benzene rings is 1. The summed E-state index contributed by atoms with van der Waals surface area (Å²) in [7, 11) is 0. The zero-order valence-corrected chi connectivity index (χ0v) is 9.21. The van der Waals surface area contributed by atoms with Gasteiger partial charge in [0.1, 0.15) is 0 Å². The fourth-order valence-electron chi connectivity index (χ4n) is 1.10. The quantitative estimate of drug-likeness (QED) is 0.556. The molecule has 1 nitrogen and oxygen atoms in total. The average molecular weight is 215 g/mol. The molecule has 0 spiro atoms. The molecule has 1 aromatic carbocycles. The number of hydrogen-bond acceptors (Lipinski definition) is 2. The van der Waals surface area contributed by atoms with E-state index >= 15 is 0 Å². The van der Waals surface area contributed by atoms with E-state index in [0.717, 1.165) is 16.0 Å². The molecule has 0 radical (unpaired) electrons. The second kappa shape index (κ2) is 4.68. The lowest BCUT2D eigenvalue weighted by atomic mass is 10.2. The Morgan fingerprint density at radius 1 is 1.38 bits per heavy atom. The van der Waals surface area contributed by atoms with E-state index in [2.05, 4.69) is 0 Å². The fourth-order valence-corrected chi connectivity index (χ4v) is 2.01. The number of halogens is 1. The molecule has 0 aromatic heterocycles. The molecular formula is C10H11ClOS. The van der Waals surface area contributed by atoms with Gasteiger partial charge in [0.15, 0.2) is 0 Å². The van der Waals surface area contributed by atoms with Crippen molar-refractivity contribution in [2.45, 2.75) is 18.7 Å². The molecule has 0 aliphatic rings. The van der Waals surface area contributed by atoms with Gasteiger partial charge in [0, 0.05) is 4.90 Å². The summed E-state index contributed by atoms with van der Waals surface area (Å²) in [5.41, 5.74) is 2.26. The largest absolute Gasteiger partial charge is 0.285 e. The summed E-state index contributed by atoms with van der Waals surface area (Å²) in [5, 5.41) is -0.000864. The van der Waals surface area contributed by atoms with Crippen LogP contribution in [-0.2, 0) is 4.79 Å². The van der Waals surface area contributed by atoms with E-state index in [9.17, 15) is 4.79 Å². The molecule has 3 heteroatoms. The molecule has 0 N–H and O–H groups in total. The molecule has 0 atom stereocenters. The van der Waals surface area contributed by atoms with Crippen molar-refractivity contribution in [3.8, 4) is 0 Å². The minimum Gasteiger partial charge on any atom is -0.285 e. The van der Waals surface area contributed by atoms with Crippen molar-refractivity contribution in [3.05, 3.63) is 29.3 Å². The molecule has 0 saturated carbocycles.